The number of alkyl halides is 4. The lowest BCUT2D eigenvalue weighted by Crippen LogP contribution is -2.31. The summed E-state index contributed by atoms with van der Waals surface area (Å²) in [5.74, 6) is -4.11. The lowest BCUT2D eigenvalue weighted by atomic mass is 10.2. The number of rotatable bonds is 5. The van der Waals surface area contributed by atoms with Gasteiger partial charge in [0.05, 0.1) is 6.26 Å². The highest BCUT2D eigenvalue weighted by molar-refractivity contribution is 5.47. The van der Waals surface area contributed by atoms with Gasteiger partial charge in [-0.1, -0.05) is 30.3 Å². The molecule has 0 amide bonds. The Morgan fingerprint density at radius 2 is 1.81 bits per heavy atom. The molecule has 0 aliphatic heterocycles. The monoisotopic (exact) mass is 234 g/mol. The highest BCUT2D eigenvalue weighted by atomic mass is 19.3. The van der Waals surface area contributed by atoms with Crippen LogP contribution in [0, 0.1) is 0 Å². The third-order valence-corrected chi connectivity index (χ3v) is 1.75. The van der Waals surface area contributed by atoms with Gasteiger partial charge < -0.3 is 4.74 Å². The van der Waals surface area contributed by atoms with Crippen LogP contribution < -0.4 is 0 Å². The number of halogens is 4. The summed E-state index contributed by atoms with van der Waals surface area (Å²) in [6, 6.07) is 8.76. The number of ether oxygens (including phenoxy) is 1. The molecular weight excluding hydrogens is 224 g/mol. The first-order valence-corrected chi connectivity index (χ1v) is 4.51. The SMILES string of the molecule is FC(F)C(F)(F)COC=Cc1ccccc1. The van der Waals surface area contributed by atoms with Crippen molar-refractivity contribution in [2.24, 2.45) is 0 Å². The van der Waals surface area contributed by atoms with Crippen LogP contribution in [0.4, 0.5) is 17.6 Å². The van der Waals surface area contributed by atoms with Crippen molar-refractivity contribution in [1.29, 1.82) is 0 Å². The molecule has 0 saturated carbocycles. The van der Waals surface area contributed by atoms with Gasteiger partial charge in [-0.3, -0.25) is 0 Å². The second kappa shape index (κ2) is 5.53. The van der Waals surface area contributed by atoms with Gasteiger partial charge in [-0.05, 0) is 11.6 Å². The van der Waals surface area contributed by atoms with Crippen molar-refractivity contribution in [3.05, 3.63) is 42.2 Å². The van der Waals surface area contributed by atoms with Crippen LogP contribution in [0.15, 0.2) is 36.6 Å². The number of hydrogen-bond donors (Lipinski definition) is 0. The average Bonchev–Trinajstić information content (AvgIpc) is 2.26. The Kier molecular flexibility index (Phi) is 4.34. The minimum absolute atomic E-state index is 0.739. The summed E-state index contributed by atoms with van der Waals surface area (Å²) >= 11 is 0. The Bertz CT molecular complexity index is 335. The van der Waals surface area contributed by atoms with Gasteiger partial charge in [-0.2, -0.15) is 8.78 Å². The van der Waals surface area contributed by atoms with Gasteiger partial charge >= 0.3 is 12.3 Å². The van der Waals surface area contributed by atoms with Crippen LogP contribution >= 0.6 is 0 Å². The van der Waals surface area contributed by atoms with Gasteiger partial charge in [0.2, 0.25) is 0 Å². The molecule has 0 aromatic heterocycles. The molecular formula is C11H10F4O. The third kappa shape index (κ3) is 3.92. The largest absolute Gasteiger partial charge is 0.495 e. The average molecular weight is 234 g/mol. The normalized spacial score (nSPS) is 12.3. The molecule has 0 aliphatic carbocycles. The maximum absolute atomic E-state index is 12.4. The summed E-state index contributed by atoms with van der Waals surface area (Å²) in [5.41, 5.74) is 0.739. The van der Waals surface area contributed by atoms with Crippen LogP contribution in [0.1, 0.15) is 5.56 Å². The molecule has 0 spiro atoms. The molecule has 0 bridgehead atoms. The second-order valence-electron chi connectivity index (χ2n) is 3.09. The third-order valence-electron chi connectivity index (χ3n) is 1.75. The molecule has 0 radical (unpaired) electrons. The van der Waals surface area contributed by atoms with E-state index in [4.69, 9.17) is 0 Å². The Morgan fingerprint density at radius 1 is 1.19 bits per heavy atom. The molecule has 88 valence electrons. The van der Waals surface area contributed by atoms with E-state index in [9.17, 15) is 17.6 Å². The molecule has 1 nitrogen and oxygen atoms in total. The maximum Gasteiger partial charge on any atom is 0.340 e. The van der Waals surface area contributed by atoms with Gasteiger partial charge in [0.25, 0.3) is 0 Å². The van der Waals surface area contributed by atoms with Gasteiger partial charge in [-0.25, -0.2) is 8.78 Å². The van der Waals surface area contributed by atoms with Gasteiger partial charge in [-0.15, -0.1) is 0 Å². The Labute approximate surface area is 90.3 Å². The predicted molar refractivity (Wildman–Crippen MR) is 52.4 cm³/mol. The molecule has 0 unspecified atom stereocenters. The van der Waals surface area contributed by atoms with Crippen molar-refractivity contribution < 1.29 is 22.3 Å². The number of hydrogen-bond acceptors (Lipinski definition) is 1. The topological polar surface area (TPSA) is 9.23 Å². The Morgan fingerprint density at radius 3 is 2.38 bits per heavy atom. The molecule has 1 rings (SSSR count). The van der Waals surface area contributed by atoms with Crippen LogP contribution in [-0.4, -0.2) is 19.0 Å². The molecule has 0 fully saturated rings. The smallest absolute Gasteiger partial charge is 0.340 e. The fraction of sp³-hybridized carbons (Fsp3) is 0.273. The minimum atomic E-state index is -4.11. The zero-order chi connectivity index (χ0) is 12.0. The zero-order valence-electron chi connectivity index (χ0n) is 8.25. The van der Waals surface area contributed by atoms with E-state index in [1.54, 1.807) is 30.3 Å². The molecule has 0 aliphatic rings. The molecule has 0 heterocycles. The summed E-state index contributed by atoms with van der Waals surface area (Å²) in [7, 11) is 0. The van der Waals surface area contributed by atoms with E-state index in [1.807, 2.05) is 0 Å². The first-order chi connectivity index (χ1) is 7.52. The van der Waals surface area contributed by atoms with E-state index in [0.717, 1.165) is 11.8 Å². The summed E-state index contributed by atoms with van der Waals surface area (Å²) in [6.45, 7) is -1.33. The zero-order valence-corrected chi connectivity index (χ0v) is 8.25. The molecule has 0 saturated heterocycles. The van der Waals surface area contributed by atoms with E-state index in [-0.39, 0.29) is 0 Å². The molecule has 5 heteroatoms. The fourth-order valence-corrected chi connectivity index (χ4v) is 0.913. The standard InChI is InChI=1S/C11H10F4O/c12-10(13)11(14,15)8-16-7-6-9-4-2-1-3-5-9/h1-7,10H,8H2. The summed E-state index contributed by atoms with van der Waals surface area (Å²) < 4.78 is 52.5. The van der Waals surface area contributed by atoms with Crippen LogP contribution in [0.3, 0.4) is 0 Å². The van der Waals surface area contributed by atoms with Crippen molar-refractivity contribution in [1.82, 2.24) is 0 Å². The van der Waals surface area contributed by atoms with E-state index in [1.165, 1.54) is 6.08 Å². The fourth-order valence-electron chi connectivity index (χ4n) is 0.913. The van der Waals surface area contributed by atoms with Crippen molar-refractivity contribution >= 4 is 6.08 Å². The van der Waals surface area contributed by atoms with Crippen molar-refractivity contribution in [3.63, 3.8) is 0 Å². The highest BCUT2D eigenvalue weighted by Gasteiger charge is 2.41. The summed E-state index contributed by atoms with van der Waals surface area (Å²) in [6.07, 6.45) is -1.31. The van der Waals surface area contributed by atoms with E-state index in [0.29, 0.717) is 0 Å². The summed E-state index contributed by atoms with van der Waals surface area (Å²) in [4.78, 5) is 0. The van der Waals surface area contributed by atoms with Crippen molar-refractivity contribution in [2.75, 3.05) is 6.61 Å². The first kappa shape index (κ1) is 12.5. The van der Waals surface area contributed by atoms with E-state index in [2.05, 4.69) is 4.74 Å². The number of benzene rings is 1. The molecule has 1 aromatic carbocycles. The predicted octanol–water partition coefficient (Wildman–Crippen LogP) is 3.57. The quantitative estimate of drug-likeness (QED) is 0.559. The summed E-state index contributed by atoms with van der Waals surface area (Å²) in [5, 5.41) is 0. The Balaban J connectivity index is 2.39. The van der Waals surface area contributed by atoms with Crippen LogP contribution in [0.25, 0.3) is 6.08 Å². The maximum atomic E-state index is 12.4. The molecule has 0 atom stereocenters. The van der Waals surface area contributed by atoms with E-state index < -0.39 is 19.0 Å². The van der Waals surface area contributed by atoms with Gasteiger partial charge in [0.15, 0.2) is 6.61 Å². The molecule has 1 aromatic rings. The van der Waals surface area contributed by atoms with Crippen molar-refractivity contribution in [2.45, 2.75) is 12.3 Å². The van der Waals surface area contributed by atoms with Crippen LogP contribution in [0.2, 0.25) is 0 Å². The van der Waals surface area contributed by atoms with Gasteiger partial charge in [0, 0.05) is 0 Å². The molecule has 0 N–H and O–H groups in total. The lowest BCUT2D eigenvalue weighted by Gasteiger charge is -2.13. The highest BCUT2D eigenvalue weighted by Crippen LogP contribution is 2.22. The van der Waals surface area contributed by atoms with Gasteiger partial charge in [0.1, 0.15) is 0 Å². The second-order valence-corrected chi connectivity index (χ2v) is 3.09. The first-order valence-electron chi connectivity index (χ1n) is 4.51. The van der Waals surface area contributed by atoms with Crippen LogP contribution in [0.5, 0.6) is 0 Å². The minimum Gasteiger partial charge on any atom is -0.495 e. The molecule has 16 heavy (non-hydrogen) atoms. The van der Waals surface area contributed by atoms with Crippen LogP contribution in [-0.2, 0) is 4.74 Å². The Hall–Kier alpha value is -1.52. The van der Waals surface area contributed by atoms with Crippen molar-refractivity contribution in [3.8, 4) is 0 Å². The lowest BCUT2D eigenvalue weighted by molar-refractivity contribution is -0.154. The van der Waals surface area contributed by atoms with E-state index >= 15 is 0 Å².